The van der Waals surface area contributed by atoms with E-state index in [2.05, 4.69) is 45.0 Å². The molecule has 4 nitrogen and oxygen atoms in total. The summed E-state index contributed by atoms with van der Waals surface area (Å²) in [6.45, 7) is 0. The summed E-state index contributed by atoms with van der Waals surface area (Å²) in [5.74, 6) is -0.0433. The monoisotopic (exact) mass is 425 g/mol. The minimum absolute atomic E-state index is 0.0433. The van der Waals surface area contributed by atoms with E-state index in [1.807, 2.05) is 12.1 Å². The van der Waals surface area contributed by atoms with E-state index in [1.54, 1.807) is 0 Å². The highest BCUT2D eigenvalue weighted by atomic mass is 127. The van der Waals surface area contributed by atoms with Gasteiger partial charge in [0.15, 0.2) is 0 Å². The number of nitrogens with one attached hydrogen (secondary N) is 2. The van der Waals surface area contributed by atoms with Crippen molar-refractivity contribution in [2.45, 2.75) is 55.0 Å². The van der Waals surface area contributed by atoms with Crippen LogP contribution in [0.3, 0.4) is 0 Å². The molecule has 0 spiro atoms. The Labute approximate surface area is 150 Å². The Morgan fingerprint density at radius 2 is 2.00 bits per heavy atom. The van der Waals surface area contributed by atoms with Crippen LogP contribution in [-0.2, 0) is 4.43 Å². The van der Waals surface area contributed by atoms with Crippen molar-refractivity contribution in [1.29, 1.82) is 0 Å². The topological polar surface area (TPSA) is 70.9 Å². The molecule has 0 radical (unpaired) electrons. The van der Waals surface area contributed by atoms with Gasteiger partial charge in [-0.05, 0) is 36.6 Å². The summed E-state index contributed by atoms with van der Waals surface area (Å²) < 4.78 is 0.970. The van der Waals surface area contributed by atoms with Crippen LogP contribution in [-0.4, -0.2) is 23.0 Å². The Kier molecular flexibility index (Phi) is 5.58. The van der Waals surface area contributed by atoms with E-state index in [-0.39, 0.29) is 18.0 Å². The molecule has 1 fully saturated rings. The maximum Gasteiger partial charge on any atom is 0.268 e. The molecule has 124 valence electrons. The summed E-state index contributed by atoms with van der Waals surface area (Å²) in [6, 6.07) is 8.36. The number of hydrogen-bond acceptors (Lipinski definition) is 2. The molecule has 23 heavy (non-hydrogen) atoms. The molecule has 2 aromatic rings. The molecule has 1 aliphatic rings. The molecule has 3 rings (SSSR count). The standard InChI is InChI=1S/C18H24IN3O/c19-11-12-7-8-15-13(9-12)10-17(21-15)18(23)22-16-6-4-2-1-3-5-14(16)20/h7-10,14,16,21H,1-6,11,20H2,(H,22,23)/t14-,16+/m0/s1. The second-order valence-electron chi connectivity index (χ2n) is 6.47. The number of rotatable bonds is 3. The van der Waals surface area contributed by atoms with Gasteiger partial charge in [-0.15, -0.1) is 0 Å². The van der Waals surface area contributed by atoms with Gasteiger partial charge in [-0.3, -0.25) is 4.79 Å². The Morgan fingerprint density at radius 3 is 2.78 bits per heavy atom. The van der Waals surface area contributed by atoms with Crippen molar-refractivity contribution in [1.82, 2.24) is 10.3 Å². The van der Waals surface area contributed by atoms with Gasteiger partial charge in [0.1, 0.15) is 5.69 Å². The Bertz CT molecular complexity index is 682. The molecular weight excluding hydrogens is 401 g/mol. The van der Waals surface area contributed by atoms with Gasteiger partial charge >= 0.3 is 0 Å². The highest BCUT2D eigenvalue weighted by molar-refractivity contribution is 14.1. The van der Waals surface area contributed by atoms with E-state index < -0.39 is 0 Å². The van der Waals surface area contributed by atoms with Crippen molar-refractivity contribution in [3.63, 3.8) is 0 Å². The molecule has 0 bridgehead atoms. The van der Waals surface area contributed by atoms with Crippen molar-refractivity contribution < 1.29 is 4.79 Å². The molecule has 2 atom stereocenters. The predicted molar refractivity (Wildman–Crippen MR) is 103 cm³/mol. The fourth-order valence-corrected chi connectivity index (χ4v) is 3.80. The van der Waals surface area contributed by atoms with Crippen LogP contribution in [0.15, 0.2) is 24.3 Å². The lowest BCUT2D eigenvalue weighted by Gasteiger charge is -2.27. The fraction of sp³-hybridized carbons (Fsp3) is 0.500. The van der Waals surface area contributed by atoms with E-state index in [0.29, 0.717) is 5.69 Å². The van der Waals surface area contributed by atoms with Gasteiger partial charge in [-0.2, -0.15) is 0 Å². The third-order valence-electron chi connectivity index (χ3n) is 4.72. The van der Waals surface area contributed by atoms with Gasteiger partial charge in [0.05, 0.1) is 0 Å². The number of H-pyrrole nitrogens is 1. The highest BCUT2D eigenvalue weighted by Gasteiger charge is 2.22. The number of carbonyl (C=O) groups is 1. The van der Waals surface area contributed by atoms with Crippen LogP contribution < -0.4 is 11.1 Å². The molecule has 4 N–H and O–H groups in total. The predicted octanol–water partition coefficient (Wildman–Crippen LogP) is 3.88. The number of nitrogens with two attached hydrogens (primary N) is 1. The largest absolute Gasteiger partial charge is 0.351 e. The molecule has 0 unspecified atom stereocenters. The van der Waals surface area contributed by atoms with E-state index in [0.717, 1.165) is 34.6 Å². The van der Waals surface area contributed by atoms with Gasteiger partial charge in [0, 0.05) is 27.4 Å². The van der Waals surface area contributed by atoms with Crippen molar-refractivity contribution >= 4 is 39.4 Å². The van der Waals surface area contributed by atoms with Crippen molar-refractivity contribution in [3.05, 3.63) is 35.5 Å². The molecular formula is C18H24IN3O. The van der Waals surface area contributed by atoms with Crippen LogP contribution in [0.4, 0.5) is 0 Å². The number of carbonyl (C=O) groups excluding carboxylic acids is 1. The van der Waals surface area contributed by atoms with Crippen LogP contribution in [0.5, 0.6) is 0 Å². The Morgan fingerprint density at radius 1 is 1.22 bits per heavy atom. The number of alkyl halides is 1. The van der Waals surface area contributed by atoms with Crippen LogP contribution >= 0.6 is 22.6 Å². The maximum absolute atomic E-state index is 12.6. The number of halogens is 1. The van der Waals surface area contributed by atoms with Crippen molar-refractivity contribution in [3.8, 4) is 0 Å². The number of aromatic amines is 1. The highest BCUT2D eigenvalue weighted by Crippen LogP contribution is 2.20. The molecule has 5 heteroatoms. The number of amides is 1. The molecule has 0 saturated heterocycles. The minimum Gasteiger partial charge on any atom is -0.351 e. The zero-order chi connectivity index (χ0) is 16.2. The van der Waals surface area contributed by atoms with Gasteiger partial charge in [0.2, 0.25) is 0 Å². The summed E-state index contributed by atoms with van der Waals surface area (Å²) in [5.41, 5.74) is 9.16. The van der Waals surface area contributed by atoms with Gasteiger partial charge in [-0.25, -0.2) is 0 Å². The average Bonchev–Trinajstić information content (AvgIpc) is 2.97. The lowest BCUT2D eigenvalue weighted by atomic mass is 9.93. The smallest absolute Gasteiger partial charge is 0.268 e. The van der Waals surface area contributed by atoms with Gasteiger partial charge in [0.25, 0.3) is 5.91 Å². The average molecular weight is 425 g/mol. The van der Waals surface area contributed by atoms with E-state index >= 15 is 0 Å². The van der Waals surface area contributed by atoms with Crippen LogP contribution in [0.2, 0.25) is 0 Å². The Balaban J connectivity index is 1.74. The maximum atomic E-state index is 12.6. The first kappa shape index (κ1) is 16.8. The van der Waals surface area contributed by atoms with Gasteiger partial charge in [-0.1, -0.05) is 54.3 Å². The number of aromatic nitrogens is 1. The fourth-order valence-electron chi connectivity index (χ4n) is 3.33. The second-order valence-corrected chi connectivity index (χ2v) is 7.24. The molecule has 0 aliphatic heterocycles. The zero-order valence-corrected chi connectivity index (χ0v) is 15.4. The minimum atomic E-state index is -0.0433. The van der Waals surface area contributed by atoms with E-state index in [4.69, 9.17) is 5.73 Å². The molecule has 1 aliphatic carbocycles. The first-order chi connectivity index (χ1) is 11.2. The molecule has 1 saturated carbocycles. The first-order valence-electron chi connectivity index (χ1n) is 8.41. The summed E-state index contributed by atoms with van der Waals surface area (Å²) in [6.07, 6.45) is 6.78. The Hall–Kier alpha value is -1.08. The van der Waals surface area contributed by atoms with E-state index in [9.17, 15) is 4.79 Å². The normalized spacial score (nSPS) is 22.5. The summed E-state index contributed by atoms with van der Waals surface area (Å²) in [4.78, 5) is 15.8. The van der Waals surface area contributed by atoms with Crippen LogP contribution in [0, 0.1) is 0 Å². The number of fused-ring (bicyclic) bond motifs is 1. The number of benzene rings is 1. The molecule has 1 aromatic carbocycles. The van der Waals surface area contributed by atoms with Crippen molar-refractivity contribution in [2.75, 3.05) is 0 Å². The third-order valence-corrected chi connectivity index (χ3v) is 5.60. The second kappa shape index (κ2) is 7.66. The SMILES string of the molecule is N[C@H]1CCCCCC[C@H]1NC(=O)c1cc2cc(CI)ccc2[nH]1. The van der Waals surface area contributed by atoms with Crippen LogP contribution in [0.1, 0.15) is 54.6 Å². The summed E-state index contributed by atoms with van der Waals surface area (Å²) in [7, 11) is 0. The molecule has 1 amide bonds. The first-order valence-corrected chi connectivity index (χ1v) is 9.94. The van der Waals surface area contributed by atoms with E-state index in [1.165, 1.54) is 24.8 Å². The lowest BCUT2D eigenvalue weighted by molar-refractivity contribution is 0.0920. The number of hydrogen-bond donors (Lipinski definition) is 3. The van der Waals surface area contributed by atoms with Gasteiger partial charge < -0.3 is 16.0 Å². The van der Waals surface area contributed by atoms with Crippen molar-refractivity contribution in [2.24, 2.45) is 5.73 Å². The summed E-state index contributed by atoms with van der Waals surface area (Å²) >= 11 is 2.35. The molecule has 1 heterocycles. The zero-order valence-electron chi connectivity index (χ0n) is 13.3. The van der Waals surface area contributed by atoms with Crippen LogP contribution in [0.25, 0.3) is 10.9 Å². The summed E-state index contributed by atoms with van der Waals surface area (Å²) in [5, 5.41) is 4.23. The molecule has 1 aromatic heterocycles. The quantitative estimate of drug-likeness (QED) is 0.516. The third kappa shape index (κ3) is 4.07. The lowest BCUT2D eigenvalue weighted by Crippen LogP contribution is -2.48.